The number of hydrogen-bond donors (Lipinski definition) is 1. The van der Waals surface area contributed by atoms with Crippen LogP contribution in [0.25, 0.3) is 0 Å². The summed E-state index contributed by atoms with van der Waals surface area (Å²) in [6.45, 7) is 6.52. The first-order valence-corrected chi connectivity index (χ1v) is 8.48. The molecule has 1 aromatic rings. The smallest absolute Gasteiger partial charge is 0.138 e. The van der Waals surface area contributed by atoms with Crippen LogP contribution in [-0.4, -0.2) is 36.2 Å². The lowest BCUT2D eigenvalue weighted by molar-refractivity contribution is 0.193. The molecule has 3 nitrogen and oxygen atoms in total. The van der Waals surface area contributed by atoms with Crippen molar-refractivity contribution in [2.24, 2.45) is 0 Å². The quantitative estimate of drug-likeness (QED) is 0.903. The Labute approximate surface area is 132 Å². The molecule has 0 radical (unpaired) electrons. The Morgan fingerprint density at radius 1 is 1.24 bits per heavy atom. The molecule has 2 atom stereocenters. The van der Waals surface area contributed by atoms with Crippen LogP contribution < -0.4 is 10.1 Å². The molecule has 0 aromatic heterocycles. The summed E-state index contributed by atoms with van der Waals surface area (Å²) in [6, 6.07) is 7.29. The van der Waals surface area contributed by atoms with Gasteiger partial charge in [0, 0.05) is 24.3 Å². The van der Waals surface area contributed by atoms with Gasteiger partial charge in [-0.1, -0.05) is 18.0 Å². The van der Waals surface area contributed by atoms with Crippen molar-refractivity contribution >= 4 is 17.3 Å². The SMILES string of the molecule is CC(C)Oc1ccc(NC2CCN3CCCCC23)cc1Cl. The molecule has 2 saturated heterocycles. The first kappa shape index (κ1) is 15.0. The van der Waals surface area contributed by atoms with Crippen LogP contribution in [0.2, 0.25) is 5.02 Å². The zero-order valence-electron chi connectivity index (χ0n) is 12.9. The molecule has 1 aromatic carbocycles. The van der Waals surface area contributed by atoms with Crippen LogP contribution in [0, 0.1) is 0 Å². The van der Waals surface area contributed by atoms with Crippen molar-refractivity contribution < 1.29 is 4.74 Å². The third-order valence-electron chi connectivity index (χ3n) is 4.50. The molecule has 2 unspecified atom stereocenters. The maximum atomic E-state index is 6.32. The van der Waals surface area contributed by atoms with Gasteiger partial charge in [-0.25, -0.2) is 0 Å². The minimum Gasteiger partial charge on any atom is -0.489 e. The second kappa shape index (κ2) is 6.45. The third-order valence-corrected chi connectivity index (χ3v) is 4.80. The maximum Gasteiger partial charge on any atom is 0.138 e. The Hall–Kier alpha value is -0.930. The Morgan fingerprint density at radius 3 is 2.86 bits per heavy atom. The largest absolute Gasteiger partial charge is 0.489 e. The van der Waals surface area contributed by atoms with Crippen molar-refractivity contribution in [3.63, 3.8) is 0 Å². The van der Waals surface area contributed by atoms with Crippen molar-refractivity contribution in [1.29, 1.82) is 0 Å². The van der Waals surface area contributed by atoms with Crippen molar-refractivity contribution in [2.75, 3.05) is 18.4 Å². The van der Waals surface area contributed by atoms with Crippen LogP contribution in [0.4, 0.5) is 5.69 Å². The molecule has 116 valence electrons. The normalized spacial score (nSPS) is 25.9. The number of ether oxygens (including phenoxy) is 1. The van der Waals surface area contributed by atoms with Gasteiger partial charge < -0.3 is 10.1 Å². The predicted octanol–water partition coefficient (Wildman–Crippen LogP) is 4.17. The van der Waals surface area contributed by atoms with E-state index in [1.54, 1.807) is 0 Å². The fourth-order valence-electron chi connectivity index (χ4n) is 3.57. The second-order valence-corrected chi connectivity index (χ2v) is 6.86. The summed E-state index contributed by atoms with van der Waals surface area (Å²) in [7, 11) is 0. The molecule has 2 heterocycles. The summed E-state index contributed by atoms with van der Waals surface area (Å²) in [5.74, 6) is 0.767. The summed E-state index contributed by atoms with van der Waals surface area (Å²) < 4.78 is 5.69. The summed E-state index contributed by atoms with van der Waals surface area (Å²) in [5, 5.41) is 4.37. The Bertz CT molecular complexity index is 492. The molecule has 2 fully saturated rings. The fourth-order valence-corrected chi connectivity index (χ4v) is 3.80. The zero-order valence-corrected chi connectivity index (χ0v) is 13.7. The molecule has 0 saturated carbocycles. The Balaban J connectivity index is 1.66. The van der Waals surface area contributed by atoms with E-state index >= 15 is 0 Å². The van der Waals surface area contributed by atoms with E-state index in [0.717, 1.165) is 11.4 Å². The number of benzene rings is 1. The topological polar surface area (TPSA) is 24.5 Å². The summed E-state index contributed by atoms with van der Waals surface area (Å²) >= 11 is 6.32. The first-order chi connectivity index (χ1) is 10.1. The zero-order chi connectivity index (χ0) is 14.8. The number of nitrogens with zero attached hydrogens (tertiary/aromatic N) is 1. The van der Waals surface area contributed by atoms with Crippen LogP contribution in [0.3, 0.4) is 0 Å². The van der Waals surface area contributed by atoms with Crippen LogP contribution in [0.15, 0.2) is 18.2 Å². The van der Waals surface area contributed by atoms with Crippen molar-refractivity contribution in [3.8, 4) is 5.75 Å². The number of nitrogens with one attached hydrogen (secondary N) is 1. The number of rotatable bonds is 4. The van der Waals surface area contributed by atoms with Gasteiger partial charge in [0.1, 0.15) is 5.75 Å². The maximum absolute atomic E-state index is 6.32. The first-order valence-electron chi connectivity index (χ1n) is 8.10. The predicted molar refractivity (Wildman–Crippen MR) is 88.5 cm³/mol. The van der Waals surface area contributed by atoms with Gasteiger partial charge in [-0.2, -0.15) is 0 Å². The standard InChI is InChI=1S/C17H25ClN2O/c1-12(2)21-17-7-6-13(11-14(17)18)19-15-8-10-20-9-4-3-5-16(15)20/h6-7,11-12,15-16,19H,3-5,8-10H2,1-2H3. The number of piperidine rings is 1. The number of fused-ring (bicyclic) bond motifs is 1. The van der Waals surface area contributed by atoms with Gasteiger partial charge in [0.25, 0.3) is 0 Å². The monoisotopic (exact) mass is 308 g/mol. The molecule has 4 heteroatoms. The highest BCUT2D eigenvalue weighted by Crippen LogP contribution is 2.32. The average Bonchev–Trinajstić information content (AvgIpc) is 2.85. The molecule has 0 aliphatic carbocycles. The highest BCUT2D eigenvalue weighted by molar-refractivity contribution is 6.32. The van der Waals surface area contributed by atoms with Gasteiger partial charge in [-0.3, -0.25) is 4.90 Å². The molecule has 21 heavy (non-hydrogen) atoms. The molecule has 2 aliphatic heterocycles. The van der Waals surface area contributed by atoms with E-state index in [-0.39, 0.29) is 6.10 Å². The van der Waals surface area contributed by atoms with Gasteiger partial charge >= 0.3 is 0 Å². The number of hydrogen-bond acceptors (Lipinski definition) is 3. The average molecular weight is 309 g/mol. The summed E-state index contributed by atoms with van der Waals surface area (Å²) in [5.41, 5.74) is 1.11. The van der Waals surface area contributed by atoms with Crippen LogP contribution in [0.1, 0.15) is 39.5 Å². The van der Waals surface area contributed by atoms with Gasteiger partial charge in [-0.05, 0) is 57.9 Å². The minimum atomic E-state index is 0.145. The Morgan fingerprint density at radius 2 is 2.10 bits per heavy atom. The Kier molecular flexibility index (Phi) is 4.60. The van der Waals surface area contributed by atoms with Crippen LogP contribution in [0.5, 0.6) is 5.75 Å². The highest BCUT2D eigenvalue weighted by Gasteiger charge is 2.35. The molecule has 1 N–H and O–H groups in total. The van der Waals surface area contributed by atoms with Gasteiger partial charge in [0.2, 0.25) is 0 Å². The lowest BCUT2D eigenvalue weighted by atomic mass is 9.99. The molecule has 0 spiro atoms. The molecule has 0 amide bonds. The van der Waals surface area contributed by atoms with E-state index < -0.39 is 0 Å². The van der Waals surface area contributed by atoms with Gasteiger partial charge in [-0.15, -0.1) is 0 Å². The third kappa shape index (κ3) is 3.46. The van der Waals surface area contributed by atoms with E-state index in [9.17, 15) is 0 Å². The summed E-state index contributed by atoms with van der Waals surface area (Å²) in [6.07, 6.45) is 5.41. The number of halogens is 1. The van der Waals surface area contributed by atoms with Crippen molar-refractivity contribution in [1.82, 2.24) is 4.90 Å². The second-order valence-electron chi connectivity index (χ2n) is 6.45. The number of anilines is 1. The van der Waals surface area contributed by atoms with Gasteiger partial charge in [0.05, 0.1) is 11.1 Å². The molecule has 3 rings (SSSR count). The van der Waals surface area contributed by atoms with Gasteiger partial charge in [0.15, 0.2) is 0 Å². The van der Waals surface area contributed by atoms with Crippen LogP contribution >= 0.6 is 11.6 Å². The lowest BCUT2D eigenvalue weighted by Crippen LogP contribution is -2.41. The van der Waals surface area contributed by atoms with Crippen molar-refractivity contribution in [2.45, 2.75) is 57.7 Å². The molecule has 0 bridgehead atoms. The lowest BCUT2D eigenvalue weighted by Gasteiger charge is -2.33. The van der Waals surface area contributed by atoms with Crippen LogP contribution in [-0.2, 0) is 0 Å². The highest BCUT2D eigenvalue weighted by atomic mass is 35.5. The molecular weight excluding hydrogens is 284 g/mol. The van der Waals surface area contributed by atoms with E-state index in [2.05, 4.69) is 16.3 Å². The summed E-state index contributed by atoms with van der Waals surface area (Å²) in [4.78, 5) is 2.64. The van der Waals surface area contributed by atoms with E-state index in [0.29, 0.717) is 17.1 Å². The van der Waals surface area contributed by atoms with E-state index in [4.69, 9.17) is 16.3 Å². The molecular formula is C17H25ClN2O. The molecule has 2 aliphatic rings. The fraction of sp³-hybridized carbons (Fsp3) is 0.647. The van der Waals surface area contributed by atoms with Crippen molar-refractivity contribution in [3.05, 3.63) is 23.2 Å². The van der Waals surface area contributed by atoms with E-state index in [1.165, 1.54) is 38.8 Å². The minimum absolute atomic E-state index is 0.145. The van der Waals surface area contributed by atoms with E-state index in [1.807, 2.05) is 26.0 Å².